The molecule has 0 saturated carbocycles. The lowest BCUT2D eigenvalue weighted by molar-refractivity contribution is 1.66. The van der Waals surface area contributed by atoms with E-state index in [1.165, 1.54) is 36.3 Å². The zero-order chi connectivity index (χ0) is 12.3. The Hall–Kier alpha value is 0.0500. The van der Waals surface area contributed by atoms with Gasteiger partial charge in [0, 0.05) is 33.4 Å². The van der Waals surface area contributed by atoms with E-state index in [2.05, 4.69) is 53.8 Å². The molecule has 0 aliphatic heterocycles. The first-order chi connectivity index (χ1) is 8.69. The van der Waals surface area contributed by atoms with Crippen LogP contribution in [0.3, 0.4) is 0 Å². The van der Waals surface area contributed by atoms with Gasteiger partial charge in [0.05, 0.1) is 2.88 Å². The molecule has 5 heteroatoms. The molecule has 0 radical (unpaired) electrons. The highest BCUT2D eigenvalue weighted by Gasteiger charge is 2.11. The predicted octanol–water partition coefficient (Wildman–Crippen LogP) is 6.82. The Morgan fingerprint density at radius 1 is 0.722 bits per heavy atom. The van der Waals surface area contributed by atoms with Crippen LogP contribution in [0.15, 0.2) is 24.3 Å². The fourth-order valence-corrected chi connectivity index (χ4v) is 7.75. The molecule has 0 aliphatic rings. The number of hydrogen-bond donors (Lipinski definition) is 0. The van der Waals surface area contributed by atoms with Gasteiger partial charge in [-0.1, -0.05) is 0 Å². The molecule has 0 aromatic carbocycles. The van der Waals surface area contributed by atoms with Crippen LogP contribution in [-0.2, 0) is 0 Å². The first kappa shape index (κ1) is 11.8. The maximum atomic E-state index is 2.40. The quantitative estimate of drug-likeness (QED) is 0.298. The van der Waals surface area contributed by atoms with Crippen molar-refractivity contribution in [2.45, 2.75) is 6.92 Å². The first-order valence-corrected chi connectivity index (χ1v) is 9.73. The highest BCUT2D eigenvalue weighted by molar-refractivity contribution is 14.1. The van der Waals surface area contributed by atoms with Crippen molar-refractivity contribution in [3.63, 3.8) is 0 Å². The van der Waals surface area contributed by atoms with E-state index in [0.717, 1.165) is 0 Å². The van der Waals surface area contributed by atoms with Crippen LogP contribution in [0.25, 0.3) is 28.6 Å². The van der Waals surface area contributed by atoms with Crippen molar-refractivity contribution < 1.29 is 0 Å². The maximum absolute atomic E-state index is 2.40. The molecule has 4 rings (SSSR count). The number of rotatable bonds is 1. The third-order valence-corrected chi connectivity index (χ3v) is 8.21. The largest absolute Gasteiger partial charge is 0.140 e. The van der Waals surface area contributed by atoms with Crippen LogP contribution in [0.4, 0.5) is 0 Å². The summed E-state index contributed by atoms with van der Waals surface area (Å²) in [6.07, 6.45) is 0. The van der Waals surface area contributed by atoms with Crippen LogP contribution < -0.4 is 0 Å². The van der Waals surface area contributed by atoms with Crippen molar-refractivity contribution >= 4 is 86.7 Å². The van der Waals surface area contributed by atoms with Gasteiger partial charge < -0.3 is 0 Å². The molecule has 0 aliphatic carbocycles. The van der Waals surface area contributed by atoms with Gasteiger partial charge in [0.2, 0.25) is 0 Å². The van der Waals surface area contributed by atoms with Crippen molar-refractivity contribution in [3.8, 4) is 9.75 Å². The molecule has 4 heterocycles. The second kappa shape index (κ2) is 4.28. The number of fused-ring (bicyclic) bond motifs is 2. The summed E-state index contributed by atoms with van der Waals surface area (Å²) in [6.45, 7) is 2.18. The Bertz CT molecular complexity index is 722. The van der Waals surface area contributed by atoms with E-state index in [-0.39, 0.29) is 0 Å². The highest BCUT2D eigenvalue weighted by atomic mass is 127. The molecule has 4 aromatic rings. The van der Waals surface area contributed by atoms with E-state index in [1.54, 1.807) is 0 Å². The van der Waals surface area contributed by atoms with Gasteiger partial charge in [0.25, 0.3) is 0 Å². The summed E-state index contributed by atoms with van der Waals surface area (Å²) in [5, 5.41) is 0. The highest BCUT2D eigenvalue weighted by Crippen LogP contribution is 2.44. The van der Waals surface area contributed by atoms with Gasteiger partial charge in [-0.05, 0) is 53.8 Å². The normalized spacial score (nSPS) is 11.9. The summed E-state index contributed by atoms with van der Waals surface area (Å²) in [7, 11) is 0. The molecule has 90 valence electrons. The summed E-state index contributed by atoms with van der Waals surface area (Å²) in [5.41, 5.74) is 0. The van der Waals surface area contributed by atoms with E-state index in [4.69, 9.17) is 0 Å². The zero-order valence-corrected chi connectivity index (χ0v) is 14.7. The minimum Gasteiger partial charge on any atom is -0.140 e. The van der Waals surface area contributed by atoms with Gasteiger partial charge >= 0.3 is 0 Å². The Morgan fingerprint density at radius 3 is 1.89 bits per heavy atom. The number of aryl methyl sites for hydroxylation is 1. The van der Waals surface area contributed by atoms with Gasteiger partial charge in [-0.25, -0.2) is 0 Å². The van der Waals surface area contributed by atoms with Crippen LogP contribution >= 0.6 is 67.9 Å². The summed E-state index contributed by atoms with van der Waals surface area (Å²) >= 11 is 10.0. The lowest BCUT2D eigenvalue weighted by Crippen LogP contribution is -1.58. The van der Waals surface area contributed by atoms with E-state index in [0.29, 0.717) is 0 Å². The minimum absolute atomic E-state index is 1.38. The van der Waals surface area contributed by atoms with Crippen LogP contribution in [0.1, 0.15) is 4.88 Å². The molecule has 0 N–H and O–H groups in total. The van der Waals surface area contributed by atoms with Crippen LogP contribution in [0, 0.1) is 9.81 Å². The first-order valence-electron chi connectivity index (χ1n) is 5.38. The standard InChI is InChI=1S/C13H7IS4/c1-6-2-7-8(15-6)3-9(16-7)10-4-11-12(17-10)5-13(14)18-11/h2-5H,1H3. The number of thiophene rings is 4. The van der Waals surface area contributed by atoms with Crippen molar-refractivity contribution in [2.24, 2.45) is 0 Å². The van der Waals surface area contributed by atoms with Crippen LogP contribution in [0.2, 0.25) is 0 Å². The van der Waals surface area contributed by atoms with E-state index < -0.39 is 0 Å². The molecular formula is C13H7IS4. The van der Waals surface area contributed by atoms with Crippen LogP contribution in [0.5, 0.6) is 0 Å². The van der Waals surface area contributed by atoms with Gasteiger partial charge in [-0.2, -0.15) is 0 Å². The summed E-state index contributed by atoms with van der Waals surface area (Å²) in [4.78, 5) is 4.24. The molecule has 0 spiro atoms. The van der Waals surface area contributed by atoms with Crippen LogP contribution in [-0.4, -0.2) is 0 Å². The van der Waals surface area contributed by atoms with E-state index >= 15 is 0 Å². The van der Waals surface area contributed by atoms with Gasteiger partial charge in [0.15, 0.2) is 0 Å². The third-order valence-electron chi connectivity index (χ3n) is 2.75. The molecule has 0 atom stereocenters. The smallest absolute Gasteiger partial charge is 0.0674 e. The molecule has 0 saturated heterocycles. The summed E-state index contributed by atoms with van der Waals surface area (Å²) in [6, 6.07) is 9.27. The topological polar surface area (TPSA) is 0 Å². The molecule has 0 nitrogen and oxygen atoms in total. The maximum Gasteiger partial charge on any atom is 0.0674 e. The number of hydrogen-bond acceptors (Lipinski definition) is 4. The summed E-state index contributed by atoms with van der Waals surface area (Å²) in [5.74, 6) is 0. The Labute approximate surface area is 134 Å². The van der Waals surface area contributed by atoms with E-state index in [1.807, 2.05) is 45.3 Å². The molecular weight excluding hydrogens is 411 g/mol. The minimum atomic E-state index is 1.38. The van der Waals surface area contributed by atoms with E-state index in [9.17, 15) is 0 Å². The molecule has 0 fully saturated rings. The second-order valence-electron chi connectivity index (χ2n) is 4.09. The SMILES string of the molecule is Cc1cc2sc(-c3cc4sc(I)cc4s3)cc2s1. The van der Waals surface area contributed by atoms with Crippen molar-refractivity contribution in [2.75, 3.05) is 0 Å². The molecule has 0 bridgehead atoms. The van der Waals surface area contributed by atoms with Crippen molar-refractivity contribution in [1.82, 2.24) is 0 Å². The van der Waals surface area contributed by atoms with Gasteiger partial charge in [-0.3, -0.25) is 0 Å². The fraction of sp³-hybridized carbons (Fsp3) is 0.0769. The second-order valence-corrected chi connectivity index (χ2v) is 10.5. The third kappa shape index (κ3) is 1.87. The number of halogens is 1. The lowest BCUT2D eigenvalue weighted by Gasteiger charge is -1.87. The predicted molar refractivity (Wildman–Crippen MR) is 95.9 cm³/mol. The summed E-state index contributed by atoms with van der Waals surface area (Å²) < 4.78 is 7.08. The molecule has 4 aromatic heterocycles. The molecule has 0 amide bonds. The van der Waals surface area contributed by atoms with Crippen molar-refractivity contribution in [3.05, 3.63) is 32.0 Å². The molecule has 18 heavy (non-hydrogen) atoms. The van der Waals surface area contributed by atoms with Gasteiger partial charge in [0.1, 0.15) is 0 Å². The fourth-order valence-electron chi connectivity index (χ4n) is 2.01. The monoisotopic (exact) mass is 418 g/mol. The van der Waals surface area contributed by atoms with Gasteiger partial charge in [-0.15, -0.1) is 45.3 Å². The average molecular weight is 418 g/mol. The zero-order valence-electron chi connectivity index (χ0n) is 9.32. The van der Waals surface area contributed by atoms with Crippen molar-refractivity contribution in [1.29, 1.82) is 0 Å². The molecule has 0 unspecified atom stereocenters. The lowest BCUT2D eigenvalue weighted by atomic mass is 10.3. The Kier molecular flexibility index (Phi) is 2.81. The Balaban J connectivity index is 1.89. The average Bonchev–Trinajstić information content (AvgIpc) is 2.94. The Morgan fingerprint density at radius 2 is 1.28 bits per heavy atom.